The van der Waals surface area contributed by atoms with Crippen molar-refractivity contribution < 1.29 is 4.79 Å². The smallest absolute Gasteiger partial charge is 0.240 e. The maximum atomic E-state index is 12.2. The van der Waals surface area contributed by atoms with Crippen molar-refractivity contribution in [2.24, 2.45) is 5.73 Å². The molecule has 0 spiro atoms. The summed E-state index contributed by atoms with van der Waals surface area (Å²) in [5.41, 5.74) is 5.57. The molecule has 1 saturated heterocycles. The molecule has 0 aromatic rings. The van der Waals surface area contributed by atoms with Gasteiger partial charge in [-0.25, -0.2) is 0 Å². The zero-order valence-electron chi connectivity index (χ0n) is 13.0. The molecule has 0 radical (unpaired) electrons. The average molecular weight is 282 g/mol. The molecule has 116 valence electrons. The molecule has 1 heterocycles. The van der Waals surface area contributed by atoms with E-state index in [-0.39, 0.29) is 5.91 Å². The molecule has 2 fully saturated rings. The van der Waals surface area contributed by atoms with Gasteiger partial charge < -0.3 is 16.0 Å². The van der Waals surface area contributed by atoms with Crippen molar-refractivity contribution in [2.75, 3.05) is 39.3 Å². The van der Waals surface area contributed by atoms with Crippen molar-refractivity contribution in [1.82, 2.24) is 15.1 Å². The van der Waals surface area contributed by atoms with E-state index in [0.717, 1.165) is 58.4 Å². The van der Waals surface area contributed by atoms with Crippen LogP contribution in [0.5, 0.6) is 0 Å². The van der Waals surface area contributed by atoms with Gasteiger partial charge in [-0.1, -0.05) is 19.8 Å². The van der Waals surface area contributed by atoms with E-state index in [9.17, 15) is 4.79 Å². The number of likely N-dealkylation sites (N-methyl/N-ethyl adjacent to an activating group) is 1. The van der Waals surface area contributed by atoms with Crippen molar-refractivity contribution in [2.45, 2.75) is 51.1 Å². The van der Waals surface area contributed by atoms with Gasteiger partial charge in [0.2, 0.25) is 5.91 Å². The number of nitrogens with zero attached hydrogens (tertiary/aromatic N) is 2. The van der Waals surface area contributed by atoms with Gasteiger partial charge in [0, 0.05) is 38.8 Å². The molecule has 0 aromatic carbocycles. The third-order valence-electron chi connectivity index (χ3n) is 4.98. The Morgan fingerprint density at radius 3 is 2.40 bits per heavy atom. The lowest BCUT2D eigenvalue weighted by molar-refractivity contribution is -0.126. The van der Waals surface area contributed by atoms with Crippen LogP contribution in [0.25, 0.3) is 0 Å². The molecular weight excluding hydrogens is 252 g/mol. The molecule has 5 nitrogen and oxygen atoms in total. The second-order valence-corrected chi connectivity index (χ2v) is 6.39. The Bertz CT molecular complexity index is 320. The van der Waals surface area contributed by atoms with Crippen LogP contribution in [0.4, 0.5) is 0 Å². The Labute approximate surface area is 122 Å². The summed E-state index contributed by atoms with van der Waals surface area (Å²) in [5.74, 6) is 0.0500. The number of hydrogen-bond acceptors (Lipinski definition) is 4. The van der Waals surface area contributed by atoms with Crippen molar-refractivity contribution in [1.29, 1.82) is 0 Å². The maximum absolute atomic E-state index is 12.2. The molecule has 0 aromatic heterocycles. The number of nitrogens with one attached hydrogen (secondary N) is 1. The van der Waals surface area contributed by atoms with Crippen LogP contribution >= 0.6 is 0 Å². The van der Waals surface area contributed by atoms with Crippen LogP contribution in [0, 0.1) is 0 Å². The normalized spacial score (nSPS) is 25.6. The summed E-state index contributed by atoms with van der Waals surface area (Å²) >= 11 is 0. The van der Waals surface area contributed by atoms with Crippen molar-refractivity contribution in [3.63, 3.8) is 0 Å². The van der Waals surface area contributed by atoms with E-state index in [4.69, 9.17) is 5.73 Å². The van der Waals surface area contributed by atoms with Crippen LogP contribution in [-0.4, -0.2) is 66.6 Å². The molecule has 3 N–H and O–H groups in total. The fourth-order valence-electron chi connectivity index (χ4n) is 3.30. The van der Waals surface area contributed by atoms with E-state index in [2.05, 4.69) is 29.0 Å². The topological polar surface area (TPSA) is 61.6 Å². The molecule has 1 aliphatic carbocycles. The zero-order chi connectivity index (χ0) is 14.6. The van der Waals surface area contributed by atoms with E-state index < -0.39 is 5.54 Å². The Balaban J connectivity index is 1.72. The number of rotatable bonds is 5. The van der Waals surface area contributed by atoms with Crippen LogP contribution in [-0.2, 0) is 4.79 Å². The minimum absolute atomic E-state index is 0.0500. The van der Waals surface area contributed by atoms with E-state index in [1.165, 1.54) is 0 Å². The molecular formula is C15H30N4O. The minimum Gasteiger partial charge on any atom is -0.353 e. The number of carbonyl (C=O) groups is 1. The highest BCUT2D eigenvalue weighted by Crippen LogP contribution is 2.27. The lowest BCUT2D eigenvalue weighted by atomic mass is 9.98. The summed E-state index contributed by atoms with van der Waals surface area (Å²) in [6.45, 7) is 10.7. The number of nitrogens with two attached hydrogens (primary N) is 1. The van der Waals surface area contributed by atoms with Gasteiger partial charge in [-0.05, 0) is 26.3 Å². The van der Waals surface area contributed by atoms with E-state index in [1.807, 2.05) is 0 Å². The third-order valence-corrected chi connectivity index (χ3v) is 4.98. The van der Waals surface area contributed by atoms with Gasteiger partial charge in [0.1, 0.15) is 0 Å². The largest absolute Gasteiger partial charge is 0.353 e. The van der Waals surface area contributed by atoms with Crippen LogP contribution in [0.3, 0.4) is 0 Å². The first-order chi connectivity index (χ1) is 9.55. The van der Waals surface area contributed by atoms with Gasteiger partial charge in [0.15, 0.2) is 0 Å². The van der Waals surface area contributed by atoms with Gasteiger partial charge in [0.05, 0.1) is 5.54 Å². The Kier molecular flexibility index (Phi) is 5.41. The van der Waals surface area contributed by atoms with Crippen LogP contribution in [0.1, 0.15) is 39.5 Å². The predicted molar refractivity (Wildman–Crippen MR) is 81.5 cm³/mol. The summed E-state index contributed by atoms with van der Waals surface area (Å²) in [6, 6.07) is 0.392. The molecule has 1 atom stereocenters. The van der Waals surface area contributed by atoms with Crippen molar-refractivity contribution in [3.05, 3.63) is 0 Å². The van der Waals surface area contributed by atoms with Crippen LogP contribution in [0.2, 0.25) is 0 Å². The van der Waals surface area contributed by atoms with E-state index in [0.29, 0.717) is 12.6 Å². The lowest BCUT2D eigenvalue weighted by Gasteiger charge is -2.38. The van der Waals surface area contributed by atoms with Crippen LogP contribution < -0.4 is 11.1 Å². The lowest BCUT2D eigenvalue weighted by Crippen LogP contribution is -2.56. The molecule has 0 bridgehead atoms. The molecule has 1 saturated carbocycles. The maximum Gasteiger partial charge on any atom is 0.240 e. The number of amides is 1. The average Bonchev–Trinajstić information content (AvgIpc) is 2.92. The summed E-state index contributed by atoms with van der Waals surface area (Å²) in [6.07, 6.45) is 3.83. The first-order valence-corrected chi connectivity index (χ1v) is 8.09. The molecule has 1 unspecified atom stereocenters. The fourth-order valence-corrected chi connectivity index (χ4v) is 3.30. The highest BCUT2D eigenvalue weighted by Gasteiger charge is 2.37. The van der Waals surface area contributed by atoms with Crippen molar-refractivity contribution in [3.8, 4) is 0 Å². The van der Waals surface area contributed by atoms with Crippen LogP contribution in [0.15, 0.2) is 0 Å². The zero-order valence-corrected chi connectivity index (χ0v) is 13.0. The van der Waals surface area contributed by atoms with E-state index >= 15 is 0 Å². The molecule has 5 heteroatoms. The number of hydrogen-bond donors (Lipinski definition) is 2. The molecule has 1 amide bonds. The minimum atomic E-state index is -0.597. The van der Waals surface area contributed by atoms with Gasteiger partial charge in [-0.15, -0.1) is 0 Å². The van der Waals surface area contributed by atoms with Gasteiger partial charge >= 0.3 is 0 Å². The third kappa shape index (κ3) is 3.71. The first kappa shape index (κ1) is 15.7. The second kappa shape index (κ2) is 6.87. The Hall–Kier alpha value is -0.650. The summed E-state index contributed by atoms with van der Waals surface area (Å²) < 4.78 is 0. The Morgan fingerprint density at radius 1 is 1.25 bits per heavy atom. The van der Waals surface area contributed by atoms with Gasteiger partial charge in [-0.3, -0.25) is 9.69 Å². The molecule has 20 heavy (non-hydrogen) atoms. The fraction of sp³-hybridized carbons (Fsp3) is 0.933. The molecule has 2 aliphatic rings. The SMILES string of the molecule is CCN1CCN(C(C)CNC(=O)C2(N)CCCC2)CC1. The standard InChI is InChI=1S/C15H30N4O/c1-3-18-8-10-19(11-9-18)13(2)12-17-14(20)15(16)6-4-5-7-15/h13H,3-12,16H2,1-2H3,(H,17,20). The molecule has 2 rings (SSSR count). The second-order valence-electron chi connectivity index (χ2n) is 6.39. The number of piperazine rings is 1. The predicted octanol–water partition coefficient (Wildman–Crippen LogP) is 0.400. The van der Waals surface area contributed by atoms with Gasteiger partial charge in [-0.2, -0.15) is 0 Å². The summed E-state index contributed by atoms with van der Waals surface area (Å²) in [4.78, 5) is 17.1. The summed E-state index contributed by atoms with van der Waals surface area (Å²) in [5, 5.41) is 3.07. The Morgan fingerprint density at radius 2 is 1.85 bits per heavy atom. The summed E-state index contributed by atoms with van der Waals surface area (Å²) in [7, 11) is 0. The van der Waals surface area contributed by atoms with Gasteiger partial charge in [0.25, 0.3) is 0 Å². The quantitative estimate of drug-likeness (QED) is 0.766. The monoisotopic (exact) mass is 282 g/mol. The highest BCUT2D eigenvalue weighted by molar-refractivity contribution is 5.86. The first-order valence-electron chi connectivity index (χ1n) is 8.09. The highest BCUT2D eigenvalue weighted by atomic mass is 16.2. The van der Waals surface area contributed by atoms with Crippen molar-refractivity contribution >= 4 is 5.91 Å². The molecule has 1 aliphatic heterocycles. The number of carbonyl (C=O) groups excluding carboxylic acids is 1. The van der Waals surface area contributed by atoms with E-state index in [1.54, 1.807) is 0 Å².